The van der Waals surface area contributed by atoms with Gasteiger partial charge < -0.3 is 23.7 Å². The average molecular weight is 600 g/mol. The molecule has 0 atom stereocenters. The van der Waals surface area contributed by atoms with Gasteiger partial charge in [0, 0.05) is 69.8 Å². The fourth-order valence-corrected chi connectivity index (χ4v) is 6.12. The lowest BCUT2D eigenvalue weighted by atomic mass is 9.99. The molecule has 0 saturated carbocycles. The Balaban J connectivity index is 1.57. The van der Waals surface area contributed by atoms with Crippen molar-refractivity contribution in [1.82, 2.24) is 14.8 Å². The summed E-state index contributed by atoms with van der Waals surface area (Å²) in [7, 11) is -0.475. The highest BCUT2D eigenvalue weighted by Crippen LogP contribution is 2.39. The molecule has 42 heavy (non-hydrogen) atoms. The molecule has 5 rings (SSSR count). The zero-order valence-corrected chi connectivity index (χ0v) is 25.6. The number of likely N-dealkylation sites (tertiary alicyclic amines) is 1. The minimum Gasteiger partial charge on any atom is -0.443 e. The summed E-state index contributed by atoms with van der Waals surface area (Å²) in [5.74, 6) is -0.854. The van der Waals surface area contributed by atoms with Gasteiger partial charge in [0.25, 0.3) is 5.91 Å². The van der Waals surface area contributed by atoms with Gasteiger partial charge in [-0.2, -0.15) is 8.42 Å². The highest BCUT2D eigenvalue weighted by atomic mass is 32.2. The number of hydrogen-bond acceptors (Lipinski definition) is 9. The van der Waals surface area contributed by atoms with Gasteiger partial charge in [-0.05, 0) is 56.7 Å². The van der Waals surface area contributed by atoms with E-state index in [9.17, 15) is 18.0 Å². The first-order valence-electron chi connectivity index (χ1n) is 13.8. The van der Waals surface area contributed by atoms with Crippen molar-refractivity contribution in [1.29, 1.82) is 0 Å². The maximum atomic E-state index is 13.6. The van der Waals surface area contributed by atoms with E-state index < -0.39 is 27.6 Å². The van der Waals surface area contributed by atoms with Crippen LogP contribution in [0.15, 0.2) is 36.4 Å². The Morgan fingerprint density at radius 3 is 2.36 bits per heavy atom. The molecule has 2 aromatic carbocycles. The number of benzene rings is 2. The van der Waals surface area contributed by atoms with Crippen LogP contribution in [-0.2, 0) is 37.4 Å². The largest absolute Gasteiger partial charge is 0.443 e. The highest BCUT2D eigenvalue weighted by Gasteiger charge is 2.35. The highest BCUT2D eigenvalue weighted by molar-refractivity contribution is 7.86. The maximum Gasteiger partial charge on any atom is 0.419 e. The van der Waals surface area contributed by atoms with Gasteiger partial charge in [-0.3, -0.25) is 9.69 Å². The summed E-state index contributed by atoms with van der Waals surface area (Å²) in [5.41, 5.74) is 2.54. The molecule has 2 aliphatic heterocycles. The number of carbonyl (C=O) groups excluding carboxylic acids is 2. The number of amides is 1. The monoisotopic (exact) mass is 599 g/mol. The molecule has 11 nitrogen and oxygen atoms in total. The van der Waals surface area contributed by atoms with E-state index in [4.69, 9.17) is 18.4 Å². The van der Waals surface area contributed by atoms with E-state index in [1.54, 1.807) is 41.1 Å². The second kappa shape index (κ2) is 11.0. The predicted molar refractivity (Wildman–Crippen MR) is 157 cm³/mol. The molecule has 12 heteroatoms. The first-order valence-corrected chi connectivity index (χ1v) is 15.6. The number of aromatic nitrogens is 1. The van der Waals surface area contributed by atoms with E-state index in [2.05, 4.69) is 10.2 Å². The number of carbonyl (C=O) groups is 2. The summed E-state index contributed by atoms with van der Waals surface area (Å²) >= 11 is 0. The molecule has 3 aromatic rings. The van der Waals surface area contributed by atoms with Gasteiger partial charge in [0.1, 0.15) is 11.4 Å². The van der Waals surface area contributed by atoms with Gasteiger partial charge >= 0.3 is 16.2 Å². The van der Waals surface area contributed by atoms with E-state index in [0.717, 1.165) is 43.1 Å². The number of methoxy groups -OCH3 is 2. The van der Waals surface area contributed by atoms with Crippen LogP contribution in [0.25, 0.3) is 22.2 Å². The van der Waals surface area contributed by atoms with Gasteiger partial charge in [0.15, 0.2) is 5.79 Å². The van der Waals surface area contributed by atoms with Crippen LogP contribution in [0.3, 0.4) is 0 Å². The quantitative estimate of drug-likeness (QED) is 0.313. The topological polar surface area (TPSA) is 125 Å². The summed E-state index contributed by atoms with van der Waals surface area (Å²) < 4.78 is 47.3. The molecule has 0 unspecified atom stereocenters. The third-order valence-electron chi connectivity index (χ3n) is 7.65. The molecule has 1 N–H and O–H groups in total. The van der Waals surface area contributed by atoms with Crippen molar-refractivity contribution in [3.8, 4) is 17.0 Å². The second-order valence-electron chi connectivity index (χ2n) is 11.8. The molecule has 1 aromatic heterocycles. The standard InChI is InChI=1S/C30H37N3O8S/c1-29(2,3)40-28(35)33-23-9-7-19(18-32-13-11-30(38-4,39-5)12-14-32)15-20(23)16-24(33)21-8-10-25(41-42(6,36)37)22-17-31-27(34)26(21)22/h7-10,15-16H,11-14,17-18H2,1-6H3,(H,31,34). The van der Waals surface area contributed by atoms with E-state index in [1.807, 2.05) is 24.3 Å². The van der Waals surface area contributed by atoms with Gasteiger partial charge in [-0.15, -0.1) is 0 Å². The maximum absolute atomic E-state index is 13.6. The summed E-state index contributed by atoms with van der Waals surface area (Å²) in [4.78, 5) is 28.9. The van der Waals surface area contributed by atoms with Crippen LogP contribution in [0.2, 0.25) is 0 Å². The molecule has 0 aliphatic carbocycles. The average Bonchev–Trinajstić information content (AvgIpc) is 3.49. The first-order chi connectivity index (χ1) is 19.7. The summed E-state index contributed by atoms with van der Waals surface area (Å²) in [6.07, 6.45) is 1.88. The number of piperidine rings is 1. The number of rotatable bonds is 7. The minimum absolute atomic E-state index is 0.0734. The molecule has 1 saturated heterocycles. The number of ether oxygens (including phenoxy) is 3. The molecule has 2 aliphatic rings. The van der Waals surface area contributed by atoms with E-state index in [-0.39, 0.29) is 23.8 Å². The molecule has 0 bridgehead atoms. The number of nitrogens with zero attached hydrogens (tertiary/aromatic N) is 2. The van der Waals surface area contributed by atoms with Gasteiger partial charge in [-0.25, -0.2) is 9.36 Å². The van der Waals surface area contributed by atoms with Crippen LogP contribution in [0.5, 0.6) is 5.75 Å². The molecule has 3 heterocycles. The predicted octanol–water partition coefficient (Wildman–Crippen LogP) is 4.26. The van der Waals surface area contributed by atoms with Crippen molar-refractivity contribution < 1.29 is 36.4 Å². The SMILES string of the molecule is COC1(OC)CCN(Cc2ccc3c(c2)cc(-c2ccc(OS(C)(=O)=O)c4c2C(=O)NC4)n3C(=O)OC(C)(C)C)CC1. The Morgan fingerprint density at radius 2 is 1.74 bits per heavy atom. The van der Waals surface area contributed by atoms with Crippen LogP contribution in [0.4, 0.5) is 4.79 Å². The number of fused-ring (bicyclic) bond motifs is 2. The van der Waals surface area contributed by atoms with Gasteiger partial charge in [-0.1, -0.05) is 6.07 Å². The normalized spacial score (nSPS) is 17.2. The van der Waals surface area contributed by atoms with E-state index in [0.29, 0.717) is 28.9 Å². The van der Waals surface area contributed by atoms with E-state index >= 15 is 0 Å². The minimum atomic E-state index is -3.82. The van der Waals surface area contributed by atoms with Crippen molar-refractivity contribution in [3.05, 3.63) is 53.1 Å². The van der Waals surface area contributed by atoms with Crippen molar-refractivity contribution in [3.63, 3.8) is 0 Å². The van der Waals surface area contributed by atoms with Crippen LogP contribution in [-0.4, -0.2) is 74.8 Å². The smallest absolute Gasteiger partial charge is 0.419 e. The fraction of sp³-hybridized carbons (Fsp3) is 0.467. The Labute approximate surface area is 245 Å². The van der Waals surface area contributed by atoms with E-state index in [1.165, 1.54) is 10.6 Å². The molecular formula is C30H37N3O8S. The van der Waals surface area contributed by atoms with Crippen molar-refractivity contribution in [2.45, 2.75) is 58.1 Å². The zero-order valence-electron chi connectivity index (χ0n) is 24.8. The van der Waals surface area contributed by atoms with Gasteiger partial charge in [0.2, 0.25) is 0 Å². The number of hydrogen-bond donors (Lipinski definition) is 1. The Morgan fingerprint density at radius 1 is 1.05 bits per heavy atom. The van der Waals surface area contributed by atoms with Crippen LogP contribution in [0.1, 0.15) is 55.1 Å². The third-order valence-corrected chi connectivity index (χ3v) is 8.13. The molecule has 0 radical (unpaired) electrons. The van der Waals surface area contributed by atoms with Crippen molar-refractivity contribution in [2.24, 2.45) is 0 Å². The Kier molecular flexibility index (Phi) is 7.86. The zero-order chi connectivity index (χ0) is 30.4. The summed E-state index contributed by atoms with van der Waals surface area (Å²) in [6.45, 7) is 7.81. The van der Waals surface area contributed by atoms with Crippen LogP contribution in [0, 0.1) is 0 Å². The molecule has 0 spiro atoms. The summed E-state index contributed by atoms with van der Waals surface area (Å²) in [5, 5.41) is 3.55. The lowest BCUT2D eigenvalue weighted by Crippen LogP contribution is -2.46. The summed E-state index contributed by atoms with van der Waals surface area (Å²) in [6, 6.07) is 10.9. The lowest BCUT2D eigenvalue weighted by Gasteiger charge is -2.39. The van der Waals surface area contributed by atoms with Crippen molar-refractivity contribution in [2.75, 3.05) is 33.6 Å². The Bertz CT molecular complexity index is 1640. The van der Waals surface area contributed by atoms with Crippen molar-refractivity contribution >= 4 is 33.0 Å². The van der Waals surface area contributed by atoms with Gasteiger partial charge in [0.05, 0.1) is 23.0 Å². The lowest BCUT2D eigenvalue weighted by molar-refractivity contribution is -0.229. The fourth-order valence-electron chi connectivity index (χ4n) is 5.64. The number of nitrogens with one attached hydrogen (secondary N) is 1. The molecule has 1 fully saturated rings. The van der Waals surface area contributed by atoms with Crippen LogP contribution < -0.4 is 9.50 Å². The first kappa shape index (κ1) is 30.0. The molecule has 1 amide bonds. The Hall–Kier alpha value is -3.45. The molecular weight excluding hydrogens is 562 g/mol. The molecule has 226 valence electrons. The second-order valence-corrected chi connectivity index (χ2v) is 13.3. The van der Waals surface area contributed by atoms with Crippen LogP contribution >= 0.6 is 0 Å². The third kappa shape index (κ3) is 6.03.